The van der Waals surface area contributed by atoms with Crippen LogP contribution in [0.5, 0.6) is 0 Å². The first-order chi connectivity index (χ1) is 9.12. The number of aliphatic imine (C=N–C) groups is 1. The average Bonchev–Trinajstić information content (AvgIpc) is 2.37. The van der Waals surface area contributed by atoms with Crippen molar-refractivity contribution in [2.45, 2.75) is 25.8 Å². The number of aromatic nitrogens is 1. The molecule has 4 heteroatoms. The molecule has 0 unspecified atom stereocenters. The molecule has 2 heterocycles. The van der Waals surface area contributed by atoms with Gasteiger partial charge in [-0.15, -0.1) is 0 Å². The minimum Gasteiger partial charge on any atom is -0.335 e. The minimum atomic E-state index is 0.0476. The van der Waals surface area contributed by atoms with Gasteiger partial charge in [0.1, 0.15) is 0 Å². The van der Waals surface area contributed by atoms with Crippen LogP contribution in [0.25, 0.3) is 10.9 Å². The number of nitrogens with zero attached hydrogens (tertiary/aromatic N) is 2. The van der Waals surface area contributed by atoms with Gasteiger partial charge in [0.2, 0.25) is 0 Å². The lowest BCUT2D eigenvalue weighted by molar-refractivity contribution is 0.507. The van der Waals surface area contributed by atoms with Crippen LogP contribution in [0.2, 0.25) is 0 Å². The molecule has 0 saturated heterocycles. The summed E-state index contributed by atoms with van der Waals surface area (Å²) in [5.74, 6) is 1.12. The van der Waals surface area contributed by atoms with Crippen LogP contribution in [-0.4, -0.2) is 21.4 Å². The Bertz CT molecular complexity index is 634. The number of hydrogen-bond acceptors (Lipinski definition) is 4. The van der Waals surface area contributed by atoms with Gasteiger partial charge in [-0.2, -0.15) is 0 Å². The molecule has 3 rings (SSSR count). The first-order valence-electron chi connectivity index (χ1n) is 6.47. The van der Waals surface area contributed by atoms with Crippen molar-refractivity contribution in [3.63, 3.8) is 0 Å². The molecule has 0 bridgehead atoms. The Kier molecular flexibility index (Phi) is 3.19. The number of hydrogen-bond donors (Lipinski definition) is 1. The smallest absolute Gasteiger partial charge is 0.161 e. The summed E-state index contributed by atoms with van der Waals surface area (Å²) in [6, 6.07) is 10.2. The maximum absolute atomic E-state index is 4.74. The number of pyridine rings is 1. The van der Waals surface area contributed by atoms with E-state index in [2.05, 4.69) is 42.3 Å². The zero-order valence-electron chi connectivity index (χ0n) is 11.2. The van der Waals surface area contributed by atoms with E-state index in [0.29, 0.717) is 0 Å². The molecular weight excluding hydrogens is 254 g/mol. The Morgan fingerprint density at radius 3 is 3.00 bits per heavy atom. The van der Waals surface area contributed by atoms with Crippen LogP contribution in [0, 0.1) is 0 Å². The van der Waals surface area contributed by atoms with Gasteiger partial charge in [-0.3, -0.25) is 9.98 Å². The second kappa shape index (κ2) is 4.85. The largest absolute Gasteiger partial charge is 0.335 e. The number of rotatable bonds is 1. The molecule has 3 nitrogen and oxygen atoms in total. The molecule has 1 N–H and O–H groups in total. The summed E-state index contributed by atoms with van der Waals surface area (Å²) < 4.78 is 0. The quantitative estimate of drug-likeness (QED) is 0.854. The third-order valence-corrected chi connectivity index (χ3v) is 4.09. The maximum Gasteiger partial charge on any atom is 0.161 e. The number of benzene rings is 1. The topological polar surface area (TPSA) is 37.3 Å². The highest BCUT2D eigenvalue weighted by molar-refractivity contribution is 8.14. The highest BCUT2D eigenvalue weighted by Gasteiger charge is 2.22. The molecule has 0 atom stereocenters. The van der Waals surface area contributed by atoms with Gasteiger partial charge in [0, 0.05) is 23.0 Å². The highest BCUT2D eigenvalue weighted by atomic mass is 32.2. The Morgan fingerprint density at radius 2 is 2.16 bits per heavy atom. The summed E-state index contributed by atoms with van der Waals surface area (Å²) in [6.07, 6.45) is 2.95. The van der Waals surface area contributed by atoms with Gasteiger partial charge in [-0.05, 0) is 44.5 Å². The lowest BCUT2D eigenvalue weighted by Gasteiger charge is -2.26. The summed E-state index contributed by atoms with van der Waals surface area (Å²) in [4.78, 5) is 9.07. The number of anilines is 1. The van der Waals surface area contributed by atoms with Gasteiger partial charge >= 0.3 is 0 Å². The molecular formula is C15H17N3S. The summed E-state index contributed by atoms with van der Waals surface area (Å²) >= 11 is 1.79. The Balaban J connectivity index is 1.87. The van der Waals surface area contributed by atoms with Crippen molar-refractivity contribution >= 4 is 33.5 Å². The van der Waals surface area contributed by atoms with E-state index in [4.69, 9.17) is 4.99 Å². The molecule has 0 radical (unpaired) electrons. The molecule has 0 amide bonds. The van der Waals surface area contributed by atoms with E-state index in [1.165, 1.54) is 0 Å². The van der Waals surface area contributed by atoms with Crippen LogP contribution in [0.1, 0.15) is 20.3 Å². The first kappa shape index (κ1) is 12.5. The van der Waals surface area contributed by atoms with E-state index in [1.807, 2.05) is 18.3 Å². The molecule has 19 heavy (non-hydrogen) atoms. The fourth-order valence-electron chi connectivity index (χ4n) is 2.10. The second-order valence-corrected chi connectivity index (χ2v) is 6.45. The average molecular weight is 271 g/mol. The normalized spacial score (nSPS) is 18.1. The van der Waals surface area contributed by atoms with E-state index < -0.39 is 0 Å². The van der Waals surface area contributed by atoms with Crippen molar-refractivity contribution in [2.24, 2.45) is 4.99 Å². The third-order valence-electron chi connectivity index (χ3n) is 3.21. The fourth-order valence-corrected chi connectivity index (χ4v) is 3.40. The predicted octanol–water partition coefficient (Wildman–Crippen LogP) is 3.92. The standard InChI is InChI=1S/C15H17N3S/c1-15(2)7-9-19-14(18-15)17-12-5-6-13-11(10-12)4-3-8-16-13/h3-6,8,10H,7,9H2,1-2H3,(H,17,18). The molecule has 0 spiro atoms. The van der Waals surface area contributed by atoms with E-state index >= 15 is 0 Å². The zero-order valence-corrected chi connectivity index (χ0v) is 12.0. The molecule has 0 fully saturated rings. The summed E-state index contributed by atoms with van der Waals surface area (Å²) in [5.41, 5.74) is 2.14. The second-order valence-electron chi connectivity index (χ2n) is 5.36. The third kappa shape index (κ3) is 2.89. The van der Waals surface area contributed by atoms with Gasteiger partial charge in [0.15, 0.2) is 5.17 Å². The Hall–Kier alpha value is -1.55. The number of nitrogens with one attached hydrogen (secondary N) is 1. The van der Waals surface area contributed by atoms with Crippen molar-refractivity contribution in [2.75, 3.05) is 11.1 Å². The van der Waals surface area contributed by atoms with Crippen LogP contribution in [-0.2, 0) is 0 Å². The van der Waals surface area contributed by atoms with Crippen LogP contribution in [0.3, 0.4) is 0 Å². The predicted molar refractivity (Wildman–Crippen MR) is 84.0 cm³/mol. The Morgan fingerprint density at radius 1 is 1.26 bits per heavy atom. The van der Waals surface area contributed by atoms with Gasteiger partial charge in [0.25, 0.3) is 0 Å². The molecule has 1 aliphatic heterocycles. The summed E-state index contributed by atoms with van der Waals surface area (Å²) in [6.45, 7) is 4.36. The lowest BCUT2D eigenvalue weighted by Crippen LogP contribution is -2.27. The van der Waals surface area contributed by atoms with Gasteiger partial charge in [0.05, 0.1) is 11.1 Å². The van der Waals surface area contributed by atoms with Crippen molar-refractivity contribution in [1.82, 2.24) is 4.98 Å². The first-order valence-corrected chi connectivity index (χ1v) is 7.45. The molecule has 1 aliphatic rings. The molecule has 98 valence electrons. The van der Waals surface area contributed by atoms with Gasteiger partial charge < -0.3 is 5.32 Å². The lowest BCUT2D eigenvalue weighted by atomic mass is 10.0. The van der Waals surface area contributed by atoms with Crippen molar-refractivity contribution in [3.8, 4) is 0 Å². The SMILES string of the molecule is CC1(C)CCSC(Nc2ccc3ncccc3c2)=N1. The maximum atomic E-state index is 4.74. The molecule has 1 aromatic heterocycles. The molecule has 0 saturated carbocycles. The minimum absolute atomic E-state index is 0.0476. The van der Waals surface area contributed by atoms with Crippen molar-refractivity contribution < 1.29 is 0 Å². The van der Waals surface area contributed by atoms with Gasteiger partial charge in [-0.1, -0.05) is 17.8 Å². The van der Waals surface area contributed by atoms with Gasteiger partial charge in [-0.25, -0.2) is 0 Å². The van der Waals surface area contributed by atoms with Crippen LogP contribution in [0.4, 0.5) is 5.69 Å². The zero-order chi connectivity index (χ0) is 13.3. The van der Waals surface area contributed by atoms with Crippen LogP contribution >= 0.6 is 11.8 Å². The number of amidine groups is 1. The monoisotopic (exact) mass is 271 g/mol. The van der Waals surface area contributed by atoms with E-state index in [0.717, 1.165) is 33.9 Å². The van der Waals surface area contributed by atoms with Crippen LogP contribution in [0.15, 0.2) is 41.5 Å². The number of fused-ring (bicyclic) bond motifs is 1. The molecule has 0 aliphatic carbocycles. The van der Waals surface area contributed by atoms with E-state index in [-0.39, 0.29) is 5.54 Å². The summed E-state index contributed by atoms with van der Waals surface area (Å²) in [7, 11) is 0. The van der Waals surface area contributed by atoms with Crippen LogP contribution < -0.4 is 5.32 Å². The van der Waals surface area contributed by atoms with Crippen molar-refractivity contribution in [1.29, 1.82) is 0 Å². The Labute approximate surface area is 117 Å². The van der Waals surface area contributed by atoms with E-state index in [1.54, 1.807) is 11.8 Å². The number of thioether (sulfide) groups is 1. The summed E-state index contributed by atoms with van der Waals surface area (Å²) in [5, 5.41) is 5.57. The molecule has 1 aromatic carbocycles. The highest BCUT2D eigenvalue weighted by Crippen LogP contribution is 2.27. The van der Waals surface area contributed by atoms with Crippen molar-refractivity contribution in [3.05, 3.63) is 36.5 Å². The van der Waals surface area contributed by atoms with E-state index in [9.17, 15) is 0 Å². The fraction of sp³-hybridized carbons (Fsp3) is 0.333. The molecule has 2 aromatic rings.